The highest BCUT2D eigenvalue weighted by atomic mass is 14.5. The first-order valence-corrected chi connectivity index (χ1v) is 7.27. The predicted molar refractivity (Wildman–Crippen MR) is 74.7 cm³/mol. The van der Waals surface area contributed by atoms with Crippen LogP contribution < -0.4 is 5.73 Å². The Bertz CT molecular complexity index is 140. The van der Waals surface area contributed by atoms with Crippen LogP contribution in [0.25, 0.3) is 0 Å². The van der Waals surface area contributed by atoms with E-state index < -0.39 is 0 Å². The minimum Gasteiger partial charge on any atom is -0.330 e. The van der Waals surface area contributed by atoms with Crippen LogP contribution in [0.1, 0.15) is 77.6 Å². The van der Waals surface area contributed by atoms with Gasteiger partial charge in [-0.05, 0) is 25.8 Å². The molecule has 0 aliphatic rings. The van der Waals surface area contributed by atoms with E-state index in [1.54, 1.807) is 0 Å². The number of unbranched alkanes of at least 4 members (excludes halogenated alkanes) is 9. The molecule has 0 aliphatic carbocycles. The Hall–Kier alpha value is -0.300. The molecule has 0 saturated heterocycles. The minimum absolute atomic E-state index is 0.786. The zero-order valence-electron chi connectivity index (χ0n) is 11.2. The second-order valence-corrected chi connectivity index (χ2v) is 4.67. The Kier molecular flexibility index (Phi) is 14.4. The third kappa shape index (κ3) is 13.7. The highest BCUT2D eigenvalue weighted by Gasteiger charge is 1.90. The molecule has 1 heteroatoms. The normalized spacial score (nSPS) is 11.4. The number of nitrogens with two attached hydrogens (primary N) is 1. The maximum Gasteiger partial charge on any atom is -0.00426 e. The maximum absolute atomic E-state index is 5.41. The summed E-state index contributed by atoms with van der Waals surface area (Å²) in [4.78, 5) is 0. The van der Waals surface area contributed by atoms with Crippen LogP contribution in [0.3, 0.4) is 0 Å². The van der Waals surface area contributed by atoms with Gasteiger partial charge in [-0.2, -0.15) is 0 Å². The fraction of sp³-hybridized carbons (Fsp3) is 0.867. The maximum atomic E-state index is 5.41. The van der Waals surface area contributed by atoms with Crippen molar-refractivity contribution in [1.29, 1.82) is 0 Å². The lowest BCUT2D eigenvalue weighted by atomic mass is 10.1. The van der Waals surface area contributed by atoms with Crippen molar-refractivity contribution in [3.8, 4) is 0 Å². The van der Waals surface area contributed by atoms with Gasteiger partial charge >= 0.3 is 0 Å². The zero-order valence-corrected chi connectivity index (χ0v) is 11.2. The lowest BCUT2D eigenvalue weighted by molar-refractivity contribution is 0.566. The highest BCUT2D eigenvalue weighted by molar-refractivity contribution is 4.81. The predicted octanol–water partition coefficient (Wildman–Crippen LogP) is 4.81. The summed E-state index contributed by atoms with van der Waals surface area (Å²) in [7, 11) is 0. The Morgan fingerprint density at radius 3 is 1.75 bits per heavy atom. The summed E-state index contributed by atoms with van der Waals surface area (Å²) in [5.41, 5.74) is 5.41. The first kappa shape index (κ1) is 15.7. The van der Waals surface area contributed by atoms with Crippen LogP contribution in [0.2, 0.25) is 0 Å². The van der Waals surface area contributed by atoms with Crippen molar-refractivity contribution in [3.05, 3.63) is 12.2 Å². The van der Waals surface area contributed by atoms with Gasteiger partial charge in [-0.25, -0.2) is 0 Å². The summed E-state index contributed by atoms with van der Waals surface area (Å²) >= 11 is 0. The molecule has 0 spiro atoms. The second-order valence-electron chi connectivity index (χ2n) is 4.67. The number of allylic oxidation sites excluding steroid dienone is 1. The van der Waals surface area contributed by atoms with Gasteiger partial charge in [-0.1, -0.05) is 70.4 Å². The quantitative estimate of drug-likeness (QED) is 0.374. The molecule has 0 rings (SSSR count). The van der Waals surface area contributed by atoms with Gasteiger partial charge < -0.3 is 5.73 Å². The Labute approximate surface area is 102 Å². The van der Waals surface area contributed by atoms with E-state index in [4.69, 9.17) is 5.73 Å². The van der Waals surface area contributed by atoms with Crippen molar-refractivity contribution >= 4 is 0 Å². The highest BCUT2D eigenvalue weighted by Crippen LogP contribution is 2.10. The van der Waals surface area contributed by atoms with Gasteiger partial charge in [0, 0.05) is 0 Å². The van der Waals surface area contributed by atoms with Crippen molar-refractivity contribution < 1.29 is 0 Å². The van der Waals surface area contributed by atoms with Crippen LogP contribution in [0.4, 0.5) is 0 Å². The van der Waals surface area contributed by atoms with Crippen LogP contribution in [-0.2, 0) is 0 Å². The zero-order chi connectivity index (χ0) is 11.9. The molecule has 0 aliphatic heterocycles. The summed E-state index contributed by atoms with van der Waals surface area (Å²) in [5, 5.41) is 0. The molecule has 16 heavy (non-hydrogen) atoms. The van der Waals surface area contributed by atoms with Crippen molar-refractivity contribution in [3.63, 3.8) is 0 Å². The topological polar surface area (TPSA) is 26.0 Å². The first-order valence-electron chi connectivity index (χ1n) is 7.27. The summed E-state index contributed by atoms with van der Waals surface area (Å²) < 4.78 is 0. The van der Waals surface area contributed by atoms with Crippen molar-refractivity contribution in [2.24, 2.45) is 5.73 Å². The Morgan fingerprint density at radius 1 is 0.688 bits per heavy atom. The molecule has 0 radical (unpaired) electrons. The van der Waals surface area contributed by atoms with Gasteiger partial charge in [-0.3, -0.25) is 0 Å². The fourth-order valence-corrected chi connectivity index (χ4v) is 1.90. The lowest BCUT2D eigenvalue weighted by Gasteiger charge is -2.00. The number of rotatable bonds is 12. The van der Waals surface area contributed by atoms with Crippen LogP contribution >= 0.6 is 0 Å². The summed E-state index contributed by atoms with van der Waals surface area (Å²) in [6.07, 6.45) is 19.5. The molecule has 0 aromatic carbocycles. The number of hydrogen-bond acceptors (Lipinski definition) is 1. The van der Waals surface area contributed by atoms with Crippen molar-refractivity contribution in [1.82, 2.24) is 0 Å². The standard InChI is InChI=1S/C15H31N/c1-2-3-4-5-6-7-8-9-10-11-12-13-14-15-16/h12-13H,2-11,14-16H2,1H3. The van der Waals surface area contributed by atoms with E-state index in [-0.39, 0.29) is 0 Å². The molecular weight excluding hydrogens is 194 g/mol. The van der Waals surface area contributed by atoms with E-state index in [2.05, 4.69) is 19.1 Å². The Morgan fingerprint density at radius 2 is 1.19 bits per heavy atom. The molecule has 2 N–H and O–H groups in total. The van der Waals surface area contributed by atoms with Crippen LogP contribution in [0.5, 0.6) is 0 Å². The molecule has 0 aromatic heterocycles. The van der Waals surface area contributed by atoms with E-state index in [1.807, 2.05) is 0 Å². The van der Waals surface area contributed by atoms with Gasteiger partial charge in [0.1, 0.15) is 0 Å². The SMILES string of the molecule is CCCCCCCCCCCC=CCCN. The molecule has 0 amide bonds. The van der Waals surface area contributed by atoms with E-state index in [0.717, 1.165) is 13.0 Å². The average Bonchev–Trinajstić information content (AvgIpc) is 2.31. The minimum atomic E-state index is 0.786. The van der Waals surface area contributed by atoms with Gasteiger partial charge in [0.05, 0.1) is 0 Å². The van der Waals surface area contributed by atoms with Gasteiger partial charge in [0.15, 0.2) is 0 Å². The monoisotopic (exact) mass is 225 g/mol. The second kappa shape index (κ2) is 14.7. The van der Waals surface area contributed by atoms with Crippen molar-refractivity contribution in [2.45, 2.75) is 77.6 Å². The van der Waals surface area contributed by atoms with E-state index in [9.17, 15) is 0 Å². The number of hydrogen-bond donors (Lipinski definition) is 1. The molecular formula is C15H31N. The molecule has 96 valence electrons. The molecule has 0 bridgehead atoms. The summed E-state index contributed by atoms with van der Waals surface area (Å²) in [6, 6.07) is 0. The first-order chi connectivity index (χ1) is 7.91. The van der Waals surface area contributed by atoms with Crippen LogP contribution in [0.15, 0.2) is 12.2 Å². The van der Waals surface area contributed by atoms with E-state index in [1.165, 1.54) is 64.2 Å². The molecule has 0 unspecified atom stereocenters. The van der Waals surface area contributed by atoms with E-state index in [0.29, 0.717) is 0 Å². The lowest BCUT2D eigenvalue weighted by Crippen LogP contribution is -1.94. The molecule has 0 atom stereocenters. The molecule has 1 nitrogen and oxygen atoms in total. The van der Waals surface area contributed by atoms with Gasteiger partial charge in [-0.15, -0.1) is 0 Å². The average molecular weight is 225 g/mol. The molecule has 0 heterocycles. The van der Waals surface area contributed by atoms with Crippen LogP contribution in [-0.4, -0.2) is 6.54 Å². The van der Waals surface area contributed by atoms with Crippen LogP contribution in [0, 0.1) is 0 Å². The third-order valence-electron chi connectivity index (χ3n) is 2.97. The van der Waals surface area contributed by atoms with Gasteiger partial charge in [0.2, 0.25) is 0 Å². The third-order valence-corrected chi connectivity index (χ3v) is 2.97. The van der Waals surface area contributed by atoms with Crippen molar-refractivity contribution in [2.75, 3.05) is 6.54 Å². The molecule has 0 saturated carbocycles. The molecule has 0 aromatic rings. The largest absolute Gasteiger partial charge is 0.330 e. The fourth-order valence-electron chi connectivity index (χ4n) is 1.90. The summed E-state index contributed by atoms with van der Waals surface area (Å²) in [5.74, 6) is 0. The summed E-state index contributed by atoms with van der Waals surface area (Å²) in [6.45, 7) is 3.06. The van der Waals surface area contributed by atoms with Gasteiger partial charge in [0.25, 0.3) is 0 Å². The Balaban J connectivity index is 2.93. The smallest absolute Gasteiger partial charge is 0.00426 e. The molecule has 0 fully saturated rings. The van der Waals surface area contributed by atoms with E-state index >= 15 is 0 Å².